The molecule has 0 spiro atoms. The average Bonchev–Trinajstić information content (AvgIpc) is 2.76. The molecule has 0 N–H and O–H groups in total. The molecule has 0 bridgehead atoms. The number of anilines is 1. The van der Waals surface area contributed by atoms with Crippen LogP contribution in [0.3, 0.4) is 0 Å². The van der Waals surface area contributed by atoms with Crippen LogP contribution in [0.5, 0.6) is 5.75 Å². The number of benzene rings is 3. The third-order valence-electron chi connectivity index (χ3n) is 5.34. The minimum atomic E-state index is -4.14. The van der Waals surface area contributed by atoms with Crippen LogP contribution in [0.25, 0.3) is 0 Å². The molecule has 3 aromatic carbocycles. The number of carbonyl (C=O) groups excluding carboxylic acids is 1. The van der Waals surface area contributed by atoms with Gasteiger partial charge in [-0.2, -0.15) is 4.31 Å². The van der Waals surface area contributed by atoms with Crippen LogP contribution in [-0.2, 0) is 21.2 Å². The van der Waals surface area contributed by atoms with Crippen molar-refractivity contribution in [3.05, 3.63) is 87.4 Å². The van der Waals surface area contributed by atoms with Gasteiger partial charge in [0, 0.05) is 4.47 Å². The molecule has 0 saturated carbocycles. The quantitative estimate of drug-likeness (QED) is 0.402. The number of halogens is 1. The van der Waals surface area contributed by atoms with Crippen molar-refractivity contribution < 1.29 is 17.9 Å². The lowest BCUT2D eigenvalue weighted by Gasteiger charge is -2.25. The van der Waals surface area contributed by atoms with Crippen molar-refractivity contribution in [1.82, 2.24) is 0 Å². The van der Waals surface area contributed by atoms with Gasteiger partial charge < -0.3 is 4.74 Å². The lowest BCUT2D eigenvalue weighted by Crippen LogP contribution is -2.40. The summed E-state index contributed by atoms with van der Waals surface area (Å²) in [5, 5.41) is 0. The van der Waals surface area contributed by atoms with Crippen LogP contribution in [0, 0.1) is 20.8 Å². The van der Waals surface area contributed by atoms with Crippen molar-refractivity contribution in [2.24, 2.45) is 0 Å². The van der Waals surface area contributed by atoms with Crippen molar-refractivity contribution in [3.8, 4) is 5.75 Å². The molecule has 0 atom stereocenters. The summed E-state index contributed by atoms with van der Waals surface area (Å²) >= 11 is 3.43. The molecule has 0 aliphatic carbocycles. The predicted octanol–water partition coefficient (Wildman–Crippen LogP) is 5.74. The third-order valence-corrected chi connectivity index (χ3v) is 7.58. The molecule has 1 amide bonds. The van der Waals surface area contributed by atoms with Gasteiger partial charge in [-0.05, 0) is 80.3 Å². The zero-order chi connectivity index (χ0) is 23.5. The van der Waals surface area contributed by atoms with Crippen LogP contribution in [0.15, 0.2) is 70.0 Å². The second-order valence-electron chi connectivity index (χ2n) is 7.59. The SMILES string of the molecule is CCc1cc(Br)ccc1OCC(=O)N(c1cccc(C)c1C)S(=O)(=O)c1ccc(C)cc1. The molecule has 0 unspecified atom stereocenters. The van der Waals surface area contributed by atoms with E-state index in [0.717, 1.165) is 31.0 Å². The Balaban J connectivity index is 2.02. The maximum absolute atomic E-state index is 13.6. The van der Waals surface area contributed by atoms with Gasteiger partial charge in [-0.1, -0.05) is 52.7 Å². The van der Waals surface area contributed by atoms with Gasteiger partial charge in [-0.25, -0.2) is 8.42 Å². The molecule has 0 fully saturated rings. The first kappa shape index (κ1) is 24.0. The highest BCUT2D eigenvalue weighted by atomic mass is 79.9. The number of sulfonamides is 1. The van der Waals surface area contributed by atoms with Gasteiger partial charge in [0.2, 0.25) is 0 Å². The summed E-state index contributed by atoms with van der Waals surface area (Å²) in [4.78, 5) is 13.4. The molecule has 32 heavy (non-hydrogen) atoms. The second-order valence-corrected chi connectivity index (χ2v) is 10.3. The van der Waals surface area contributed by atoms with Crippen molar-refractivity contribution in [2.45, 2.75) is 39.0 Å². The lowest BCUT2D eigenvalue weighted by atomic mass is 10.1. The minimum absolute atomic E-state index is 0.0512. The number of hydrogen-bond donors (Lipinski definition) is 0. The first-order valence-electron chi connectivity index (χ1n) is 10.3. The molecule has 3 rings (SSSR count). The van der Waals surface area contributed by atoms with Crippen molar-refractivity contribution >= 4 is 37.5 Å². The molecule has 0 heterocycles. The van der Waals surface area contributed by atoms with Crippen LogP contribution in [0.1, 0.15) is 29.2 Å². The molecule has 7 heteroatoms. The highest BCUT2D eigenvalue weighted by molar-refractivity contribution is 9.10. The van der Waals surface area contributed by atoms with Crippen LogP contribution >= 0.6 is 15.9 Å². The number of rotatable bonds is 7. The summed E-state index contributed by atoms with van der Waals surface area (Å²) in [6, 6.07) is 17.2. The van der Waals surface area contributed by atoms with E-state index in [9.17, 15) is 13.2 Å². The molecular weight excluding hydrogens is 490 g/mol. The number of aryl methyl sites for hydroxylation is 3. The molecule has 0 saturated heterocycles. The molecule has 3 aromatic rings. The fourth-order valence-corrected chi connectivity index (χ4v) is 5.21. The number of amides is 1. The Morgan fingerprint density at radius 1 is 1.00 bits per heavy atom. The Kier molecular flexibility index (Phi) is 7.41. The summed E-state index contributed by atoms with van der Waals surface area (Å²) in [6.07, 6.45) is 0.714. The van der Waals surface area contributed by atoms with Gasteiger partial charge in [0.15, 0.2) is 6.61 Å². The zero-order valence-electron chi connectivity index (χ0n) is 18.6. The van der Waals surface area contributed by atoms with E-state index in [4.69, 9.17) is 4.74 Å². The van der Waals surface area contributed by atoms with Crippen molar-refractivity contribution in [3.63, 3.8) is 0 Å². The summed E-state index contributed by atoms with van der Waals surface area (Å²) in [7, 11) is -4.14. The fraction of sp³-hybridized carbons (Fsp3) is 0.240. The first-order chi connectivity index (χ1) is 15.1. The van der Waals surface area contributed by atoms with Gasteiger partial charge in [0.25, 0.3) is 15.9 Å². The van der Waals surface area contributed by atoms with E-state index in [1.54, 1.807) is 37.3 Å². The van der Waals surface area contributed by atoms with Crippen LogP contribution in [0.2, 0.25) is 0 Å². The van der Waals surface area contributed by atoms with Crippen LogP contribution in [-0.4, -0.2) is 20.9 Å². The summed E-state index contributed by atoms with van der Waals surface area (Å²) in [5.41, 5.74) is 3.78. The largest absolute Gasteiger partial charge is 0.483 e. The molecule has 0 radical (unpaired) electrons. The van der Waals surface area contributed by atoms with E-state index in [1.165, 1.54) is 12.1 Å². The standard InChI is InChI=1S/C25H26BrNO4S/c1-5-20-15-21(26)11-14-24(20)31-16-25(28)27(23-8-6-7-18(3)19(23)4)32(29,30)22-12-9-17(2)10-13-22/h6-15H,5,16H2,1-4H3. The monoisotopic (exact) mass is 515 g/mol. The van der Waals surface area contributed by atoms with Crippen LogP contribution < -0.4 is 9.04 Å². The van der Waals surface area contributed by atoms with Crippen molar-refractivity contribution in [2.75, 3.05) is 10.9 Å². The highest BCUT2D eigenvalue weighted by Gasteiger charge is 2.32. The topological polar surface area (TPSA) is 63.7 Å². The summed E-state index contributed by atoms with van der Waals surface area (Å²) < 4.78 is 34.7. The Hall–Kier alpha value is -2.64. The fourth-order valence-electron chi connectivity index (χ4n) is 3.33. The highest BCUT2D eigenvalue weighted by Crippen LogP contribution is 2.30. The predicted molar refractivity (Wildman–Crippen MR) is 131 cm³/mol. The number of carbonyl (C=O) groups is 1. The van der Waals surface area contributed by atoms with Gasteiger partial charge >= 0.3 is 0 Å². The molecule has 168 valence electrons. The molecule has 5 nitrogen and oxygen atoms in total. The van der Waals surface area contributed by atoms with E-state index in [0.29, 0.717) is 17.9 Å². The summed E-state index contributed by atoms with van der Waals surface area (Å²) in [5.74, 6) is -0.109. The normalized spacial score (nSPS) is 11.3. The zero-order valence-corrected chi connectivity index (χ0v) is 21.0. The second kappa shape index (κ2) is 9.88. The molecular formula is C25H26BrNO4S. The smallest absolute Gasteiger partial charge is 0.278 e. The number of hydrogen-bond acceptors (Lipinski definition) is 4. The van der Waals surface area contributed by atoms with E-state index < -0.39 is 22.5 Å². The lowest BCUT2D eigenvalue weighted by molar-refractivity contribution is -0.119. The van der Waals surface area contributed by atoms with E-state index in [-0.39, 0.29) is 4.90 Å². The Morgan fingerprint density at radius 2 is 1.69 bits per heavy atom. The third kappa shape index (κ3) is 5.05. The van der Waals surface area contributed by atoms with Gasteiger partial charge in [-0.15, -0.1) is 0 Å². The average molecular weight is 516 g/mol. The van der Waals surface area contributed by atoms with Crippen molar-refractivity contribution in [1.29, 1.82) is 0 Å². The molecule has 0 aliphatic rings. The molecule has 0 aliphatic heterocycles. The van der Waals surface area contributed by atoms with Gasteiger partial charge in [-0.3, -0.25) is 4.79 Å². The number of ether oxygens (including phenoxy) is 1. The van der Waals surface area contributed by atoms with E-state index >= 15 is 0 Å². The Bertz CT molecular complexity index is 1240. The summed E-state index contributed by atoms with van der Waals surface area (Å²) in [6.45, 7) is 7.14. The maximum atomic E-state index is 13.6. The van der Waals surface area contributed by atoms with Crippen LogP contribution in [0.4, 0.5) is 5.69 Å². The minimum Gasteiger partial charge on any atom is -0.483 e. The van der Waals surface area contributed by atoms with E-state index in [1.807, 2.05) is 39.0 Å². The maximum Gasteiger partial charge on any atom is 0.278 e. The Morgan fingerprint density at radius 3 is 2.34 bits per heavy atom. The van der Waals surface area contributed by atoms with E-state index in [2.05, 4.69) is 15.9 Å². The van der Waals surface area contributed by atoms with Gasteiger partial charge in [0.1, 0.15) is 5.75 Å². The first-order valence-corrected chi connectivity index (χ1v) is 12.5. The number of nitrogens with zero attached hydrogens (tertiary/aromatic N) is 1. The Labute approximate surface area is 198 Å². The molecule has 0 aromatic heterocycles. The van der Waals surface area contributed by atoms with Gasteiger partial charge in [0.05, 0.1) is 10.6 Å².